The number of phenolic OH excluding ortho intramolecular Hbond substituents is 1. The number of carbonyl (C=O) groups is 1. The van der Waals surface area contributed by atoms with E-state index in [9.17, 15) is 9.90 Å². The number of nitrogens with one attached hydrogen (secondary N) is 1. The Kier molecular flexibility index (Phi) is 6.07. The highest BCUT2D eigenvalue weighted by molar-refractivity contribution is 5.63. The van der Waals surface area contributed by atoms with E-state index in [1.807, 2.05) is 23.5 Å². The second-order valence-corrected chi connectivity index (χ2v) is 6.76. The number of hydrogen-bond acceptors (Lipinski definition) is 2. The van der Waals surface area contributed by atoms with Gasteiger partial charge in [0.1, 0.15) is 5.75 Å². The van der Waals surface area contributed by atoms with Gasteiger partial charge in [0.05, 0.1) is 0 Å². The topological polar surface area (TPSA) is 69.6 Å². The molecule has 4 heteroatoms. The van der Waals surface area contributed by atoms with Gasteiger partial charge < -0.3 is 15.5 Å². The van der Waals surface area contributed by atoms with Gasteiger partial charge in [0.2, 0.25) is 0 Å². The maximum absolute atomic E-state index is 10.3. The first-order valence-electron chi connectivity index (χ1n) is 6.65. The highest BCUT2D eigenvalue weighted by Gasteiger charge is 2.24. The van der Waals surface area contributed by atoms with Gasteiger partial charge in [0.15, 0.2) is 0 Å². The molecule has 0 spiro atoms. The summed E-state index contributed by atoms with van der Waals surface area (Å²) in [6, 6.07) is 6.04. The number of hydrogen-bond donors (Lipinski definition) is 3. The van der Waals surface area contributed by atoms with Crippen molar-refractivity contribution in [1.82, 2.24) is 5.32 Å². The van der Waals surface area contributed by atoms with Crippen LogP contribution in [0.25, 0.3) is 0 Å². The van der Waals surface area contributed by atoms with Crippen LogP contribution in [0.4, 0.5) is 4.79 Å². The molecule has 3 N–H and O–H groups in total. The van der Waals surface area contributed by atoms with Gasteiger partial charge in [-0.3, -0.25) is 0 Å². The molecule has 0 atom stereocenters. The highest BCUT2D eigenvalue weighted by atomic mass is 16.4. The molecular weight excluding hydrogens is 254 g/mol. The normalized spacial score (nSPS) is 11.3. The van der Waals surface area contributed by atoms with E-state index in [0.717, 1.165) is 11.1 Å². The van der Waals surface area contributed by atoms with Crippen LogP contribution >= 0.6 is 0 Å². The second-order valence-electron chi connectivity index (χ2n) is 6.76. The van der Waals surface area contributed by atoms with Crippen molar-refractivity contribution >= 4 is 6.09 Å². The van der Waals surface area contributed by atoms with Crippen LogP contribution in [0.1, 0.15) is 52.7 Å². The van der Waals surface area contributed by atoms with Crippen LogP contribution in [0.15, 0.2) is 18.2 Å². The molecular formula is C16H27NO3. The minimum Gasteiger partial charge on any atom is -0.507 e. The van der Waals surface area contributed by atoms with Gasteiger partial charge in [-0.25, -0.2) is 4.79 Å². The number of phenols is 1. The average Bonchev–Trinajstić information content (AvgIpc) is 2.26. The first kappa shape index (κ1) is 18.3. The minimum atomic E-state index is -0.995. The van der Waals surface area contributed by atoms with E-state index in [1.54, 1.807) is 0 Å². The van der Waals surface area contributed by atoms with E-state index in [0.29, 0.717) is 5.75 Å². The monoisotopic (exact) mass is 281 g/mol. The van der Waals surface area contributed by atoms with E-state index in [1.165, 1.54) is 7.05 Å². The molecule has 1 rings (SSSR count). The Balaban J connectivity index is 0.000000621. The van der Waals surface area contributed by atoms with Crippen molar-refractivity contribution in [2.24, 2.45) is 0 Å². The molecule has 0 aliphatic heterocycles. The lowest BCUT2D eigenvalue weighted by Crippen LogP contribution is -2.16. The molecule has 4 nitrogen and oxygen atoms in total. The molecule has 1 amide bonds. The van der Waals surface area contributed by atoms with Gasteiger partial charge in [-0.1, -0.05) is 59.7 Å². The molecule has 114 valence electrons. The van der Waals surface area contributed by atoms with Crippen molar-refractivity contribution in [1.29, 1.82) is 0 Å². The van der Waals surface area contributed by atoms with Crippen molar-refractivity contribution < 1.29 is 15.0 Å². The molecule has 0 bridgehead atoms. The predicted octanol–water partition coefficient (Wildman–Crippen LogP) is 3.87. The molecule has 0 heterocycles. The number of carboxylic acid groups (broad SMARTS) is 1. The fourth-order valence-electron chi connectivity index (χ4n) is 1.75. The third kappa shape index (κ3) is 5.51. The summed E-state index contributed by atoms with van der Waals surface area (Å²) in [6.45, 7) is 12.7. The van der Waals surface area contributed by atoms with Crippen LogP contribution in [-0.2, 0) is 10.8 Å². The van der Waals surface area contributed by atoms with Crippen LogP contribution in [0.3, 0.4) is 0 Å². The van der Waals surface area contributed by atoms with Crippen LogP contribution in [-0.4, -0.2) is 23.4 Å². The third-order valence-electron chi connectivity index (χ3n) is 2.87. The molecule has 20 heavy (non-hydrogen) atoms. The Labute approximate surface area is 121 Å². The van der Waals surface area contributed by atoms with E-state index in [2.05, 4.69) is 41.5 Å². The average molecular weight is 281 g/mol. The second kappa shape index (κ2) is 6.64. The number of amides is 1. The zero-order valence-corrected chi connectivity index (χ0v) is 13.5. The van der Waals surface area contributed by atoms with Crippen molar-refractivity contribution in [3.05, 3.63) is 29.3 Å². The van der Waals surface area contributed by atoms with Crippen LogP contribution < -0.4 is 5.32 Å². The fraction of sp³-hybridized carbons (Fsp3) is 0.562. The van der Waals surface area contributed by atoms with Gasteiger partial charge in [-0.05, 0) is 22.0 Å². The molecule has 0 saturated heterocycles. The molecule has 0 aliphatic carbocycles. The molecule has 1 aromatic carbocycles. The van der Waals surface area contributed by atoms with Crippen molar-refractivity contribution in [2.45, 2.75) is 52.4 Å². The summed E-state index contributed by atoms with van der Waals surface area (Å²) in [5, 5.41) is 19.8. The number of rotatable bonds is 0. The summed E-state index contributed by atoms with van der Waals surface area (Å²) < 4.78 is 0. The van der Waals surface area contributed by atoms with Crippen LogP contribution in [0, 0.1) is 0 Å². The standard InChI is InChI=1S/C14H22O.C2H5NO2/c1-13(2,3)10-8-7-9-11(12(10)15)14(4,5)6;1-3-2(4)5/h7-9,15H,1-6H3;3H,1H3,(H,4,5). The van der Waals surface area contributed by atoms with Crippen molar-refractivity contribution in [3.63, 3.8) is 0 Å². The quantitative estimate of drug-likeness (QED) is 0.676. The molecule has 0 fully saturated rings. The Morgan fingerprint density at radius 1 is 1.00 bits per heavy atom. The molecule has 0 aliphatic rings. The van der Waals surface area contributed by atoms with Crippen molar-refractivity contribution in [3.8, 4) is 5.75 Å². The lowest BCUT2D eigenvalue weighted by atomic mass is 9.80. The van der Waals surface area contributed by atoms with Gasteiger partial charge >= 0.3 is 6.09 Å². The lowest BCUT2D eigenvalue weighted by Gasteiger charge is -2.26. The Morgan fingerprint density at radius 3 is 1.50 bits per heavy atom. The summed E-state index contributed by atoms with van der Waals surface area (Å²) in [6.07, 6.45) is -0.995. The summed E-state index contributed by atoms with van der Waals surface area (Å²) in [5.41, 5.74) is 2.03. The summed E-state index contributed by atoms with van der Waals surface area (Å²) in [7, 11) is 1.35. The summed E-state index contributed by atoms with van der Waals surface area (Å²) >= 11 is 0. The SMILES string of the molecule is CC(C)(C)c1cccc(C(C)(C)C)c1O.CNC(=O)O. The third-order valence-corrected chi connectivity index (χ3v) is 2.87. The number of benzene rings is 1. The fourth-order valence-corrected chi connectivity index (χ4v) is 1.75. The minimum absolute atomic E-state index is 0.00859. The van der Waals surface area contributed by atoms with Gasteiger partial charge in [-0.2, -0.15) is 0 Å². The van der Waals surface area contributed by atoms with E-state index >= 15 is 0 Å². The number of aromatic hydroxyl groups is 1. The van der Waals surface area contributed by atoms with Crippen molar-refractivity contribution in [2.75, 3.05) is 7.05 Å². The molecule has 0 unspecified atom stereocenters. The van der Waals surface area contributed by atoms with E-state index in [-0.39, 0.29) is 10.8 Å². The summed E-state index contributed by atoms with van der Waals surface area (Å²) in [5.74, 6) is 0.456. The molecule has 0 aromatic heterocycles. The lowest BCUT2D eigenvalue weighted by molar-refractivity contribution is 0.197. The highest BCUT2D eigenvalue weighted by Crippen LogP contribution is 2.38. The maximum Gasteiger partial charge on any atom is 0.404 e. The van der Waals surface area contributed by atoms with Gasteiger partial charge in [-0.15, -0.1) is 0 Å². The molecule has 0 saturated carbocycles. The van der Waals surface area contributed by atoms with Crippen LogP contribution in [0.5, 0.6) is 5.75 Å². The summed E-state index contributed by atoms with van der Waals surface area (Å²) in [4.78, 5) is 9.26. The Morgan fingerprint density at radius 2 is 1.30 bits per heavy atom. The smallest absolute Gasteiger partial charge is 0.404 e. The first-order chi connectivity index (χ1) is 8.91. The Bertz CT molecular complexity index is 422. The predicted molar refractivity (Wildman–Crippen MR) is 82.6 cm³/mol. The van der Waals surface area contributed by atoms with Gasteiger partial charge in [0.25, 0.3) is 0 Å². The maximum atomic E-state index is 10.3. The molecule has 0 radical (unpaired) electrons. The van der Waals surface area contributed by atoms with E-state index in [4.69, 9.17) is 5.11 Å². The first-order valence-corrected chi connectivity index (χ1v) is 6.65. The number of para-hydroxylation sites is 1. The van der Waals surface area contributed by atoms with E-state index < -0.39 is 6.09 Å². The largest absolute Gasteiger partial charge is 0.507 e. The molecule has 1 aromatic rings. The Hall–Kier alpha value is -1.71. The van der Waals surface area contributed by atoms with Crippen LogP contribution in [0.2, 0.25) is 0 Å². The zero-order chi connectivity index (χ0) is 16.1. The van der Waals surface area contributed by atoms with Gasteiger partial charge in [0, 0.05) is 7.05 Å². The zero-order valence-electron chi connectivity index (χ0n) is 13.5.